The summed E-state index contributed by atoms with van der Waals surface area (Å²) in [7, 11) is 0. The number of hydrogen-bond donors (Lipinski definition) is 1. The molecule has 88 valence electrons. The number of thiazole rings is 1. The first kappa shape index (κ1) is 11.9. The van der Waals surface area contributed by atoms with E-state index in [2.05, 4.69) is 4.98 Å². The number of hydrogen-bond acceptors (Lipinski definition) is 4. The molecule has 0 aliphatic heterocycles. The van der Waals surface area contributed by atoms with E-state index in [0.717, 1.165) is 16.0 Å². The second kappa shape index (κ2) is 5.19. The lowest BCUT2D eigenvalue weighted by atomic mass is 10.1. The van der Waals surface area contributed by atoms with Gasteiger partial charge in [-0.25, -0.2) is 9.78 Å². The van der Waals surface area contributed by atoms with Crippen LogP contribution in [0.1, 0.15) is 41.0 Å². The highest BCUT2D eigenvalue weighted by Gasteiger charge is 2.18. The fourth-order valence-electron chi connectivity index (χ4n) is 2.00. The van der Waals surface area contributed by atoms with Gasteiger partial charge in [-0.05, 0) is 25.7 Å². The predicted octanol–water partition coefficient (Wildman–Crippen LogP) is 3.43. The summed E-state index contributed by atoms with van der Waals surface area (Å²) >= 11 is 3.02. The molecule has 3 nitrogen and oxygen atoms in total. The van der Waals surface area contributed by atoms with Gasteiger partial charge < -0.3 is 5.11 Å². The second-order valence-corrected chi connectivity index (χ2v) is 6.43. The summed E-state index contributed by atoms with van der Waals surface area (Å²) in [4.78, 5) is 15.5. The van der Waals surface area contributed by atoms with Gasteiger partial charge in [-0.2, -0.15) is 0 Å². The number of nitrogens with zero attached hydrogens (tertiary/aromatic N) is 1. The highest BCUT2D eigenvalue weighted by Crippen LogP contribution is 2.33. The maximum absolute atomic E-state index is 10.9. The van der Waals surface area contributed by atoms with Crippen molar-refractivity contribution in [3.8, 4) is 0 Å². The number of thioether (sulfide) groups is 1. The third-order valence-electron chi connectivity index (χ3n) is 2.89. The summed E-state index contributed by atoms with van der Waals surface area (Å²) in [6, 6.07) is 0. The van der Waals surface area contributed by atoms with E-state index in [1.807, 2.05) is 0 Å². The monoisotopic (exact) mass is 257 g/mol. The Hall–Kier alpha value is -0.550. The Bertz CT molecular complexity index is 383. The number of carboxylic acids is 1. The minimum Gasteiger partial charge on any atom is -0.477 e. The van der Waals surface area contributed by atoms with E-state index in [1.54, 1.807) is 18.7 Å². The van der Waals surface area contributed by atoms with Gasteiger partial charge in [0.25, 0.3) is 0 Å². The molecule has 1 N–H and O–H groups in total. The molecule has 0 spiro atoms. The Labute approximate surface area is 103 Å². The van der Waals surface area contributed by atoms with Gasteiger partial charge in [0.1, 0.15) is 4.88 Å². The van der Waals surface area contributed by atoms with Crippen molar-refractivity contribution in [2.75, 3.05) is 5.75 Å². The van der Waals surface area contributed by atoms with E-state index >= 15 is 0 Å². The predicted molar refractivity (Wildman–Crippen MR) is 66.5 cm³/mol. The highest BCUT2D eigenvalue weighted by atomic mass is 32.2. The highest BCUT2D eigenvalue weighted by molar-refractivity contribution is 8.01. The van der Waals surface area contributed by atoms with E-state index in [1.165, 1.54) is 37.0 Å². The van der Waals surface area contributed by atoms with Gasteiger partial charge in [0.2, 0.25) is 0 Å². The standard InChI is InChI=1S/C11H15NO2S2/c1-7-9(10(13)14)16-11(12-7)15-6-8-4-2-3-5-8/h8H,2-6H2,1H3,(H,13,14). The Kier molecular flexibility index (Phi) is 3.86. The number of aromatic carboxylic acids is 1. The molecule has 1 saturated carbocycles. The van der Waals surface area contributed by atoms with Crippen molar-refractivity contribution >= 4 is 29.1 Å². The van der Waals surface area contributed by atoms with Crippen molar-refractivity contribution in [3.63, 3.8) is 0 Å². The van der Waals surface area contributed by atoms with Crippen LogP contribution in [0.5, 0.6) is 0 Å². The van der Waals surface area contributed by atoms with E-state index < -0.39 is 5.97 Å². The van der Waals surface area contributed by atoms with Gasteiger partial charge in [0.15, 0.2) is 4.34 Å². The first-order valence-corrected chi connectivity index (χ1v) is 7.30. The van der Waals surface area contributed by atoms with Gasteiger partial charge in [-0.1, -0.05) is 24.6 Å². The number of rotatable bonds is 4. The normalized spacial score (nSPS) is 16.8. The zero-order valence-corrected chi connectivity index (χ0v) is 10.9. The van der Waals surface area contributed by atoms with Crippen LogP contribution in [0.15, 0.2) is 4.34 Å². The minimum atomic E-state index is -0.859. The van der Waals surface area contributed by atoms with Crippen molar-refractivity contribution in [1.82, 2.24) is 4.98 Å². The first-order chi connectivity index (χ1) is 7.66. The second-order valence-electron chi connectivity index (χ2n) is 4.16. The van der Waals surface area contributed by atoms with Crippen LogP contribution in [0.4, 0.5) is 0 Å². The van der Waals surface area contributed by atoms with Crippen LogP contribution in [0.2, 0.25) is 0 Å². The zero-order chi connectivity index (χ0) is 11.5. The van der Waals surface area contributed by atoms with Crippen LogP contribution in [0.3, 0.4) is 0 Å². The Balaban J connectivity index is 1.94. The lowest BCUT2D eigenvalue weighted by Crippen LogP contribution is -1.95. The lowest BCUT2D eigenvalue weighted by molar-refractivity contribution is 0.0701. The number of aryl methyl sites for hydroxylation is 1. The summed E-state index contributed by atoms with van der Waals surface area (Å²) in [6.45, 7) is 1.76. The summed E-state index contributed by atoms with van der Waals surface area (Å²) in [5.41, 5.74) is 0.645. The molecule has 1 aromatic heterocycles. The molecular formula is C11H15NO2S2. The number of aromatic nitrogens is 1. The topological polar surface area (TPSA) is 50.2 Å². The maximum Gasteiger partial charge on any atom is 0.347 e. The Morgan fingerprint density at radius 2 is 2.25 bits per heavy atom. The average Bonchev–Trinajstić information content (AvgIpc) is 2.83. The molecule has 1 fully saturated rings. The van der Waals surface area contributed by atoms with Crippen molar-refractivity contribution < 1.29 is 9.90 Å². The van der Waals surface area contributed by atoms with Crippen molar-refractivity contribution in [1.29, 1.82) is 0 Å². The minimum absolute atomic E-state index is 0.383. The summed E-state index contributed by atoms with van der Waals surface area (Å²) in [5, 5.41) is 8.92. The Morgan fingerprint density at radius 1 is 1.56 bits per heavy atom. The van der Waals surface area contributed by atoms with Crippen LogP contribution in [-0.4, -0.2) is 21.8 Å². The molecule has 0 aromatic carbocycles. The molecule has 5 heteroatoms. The van der Waals surface area contributed by atoms with Crippen LogP contribution in [0.25, 0.3) is 0 Å². The summed E-state index contributed by atoms with van der Waals surface area (Å²) in [6.07, 6.45) is 5.34. The van der Waals surface area contributed by atoms with Gasteiger partial charge >= 0.3 is 5.97 Å². The van der Waals surface area contributed by atoms with Crippen molar-refractivity contribution in [2.45, 2.75) is 36.9 Å². The molecule has 1 aromatic rings. The third kappa shape index (κ3) is 2.77. The number of carboxylic acid groups (broad SMARTS) is 1. The third-order valence-corrected chi connectivity index (χ3v) is 5.41. The first-order valence-electron chi connectivity index (χ1n) is 5.50. The summed E-state index contributed by atoms with van der Waals surface area (Å²) in [5.74, 6) is 1.04. The van der Waals surface area contributed by atoms with Gasteiger partial charge in [0, 0.05) is 5.75 Å². The molecule has 1 aliphatic rings. The van der Waals surface area contributed by atoms with Crippen LogP contribution >= 0.6 is 23.1 Å². The van der Waals surface area contributed by atoms with E-state index in [9.17, 15) is 4.79 Å². The molecular weight excluding hydrogens is 242 g/mol. The fourth-order valence-corrected chi connectivity index (χ4v) is 4.24. The Morgan fingerprint density at radius 3 is 2.81 bits per heavy atom. The summed E-state index contributed by atoms with van der Waals surface area (Å²) < 4.78 is 0.904. The van der Waals surface area contributed by atoms with Crippen molar-refractivity contribution in [3.05, 3.63) is 10.6 Å². The maximum atomic E-state index is 10.9. The smallest absolute Gasteiger partial charge is 0.347 e. The van der Waals surface area contributed by atoms with Crippen molar-refractivity contribution in [2.24, 2.45) is 5.92 Å². The molecule has 0 saturated heterocycles. The van der Waals surface area contributed by atoms with E-state index in [-0.39, 0.29) is 0 Å². The van der Waals surface area contributed by atoms with E-state index in [4.69, 9.17) is 5.11 Å². The van der Waals surface area contributed by atoms with Gasteiger partial charge in [-0.3, -0.25) is 0 Å². The van der Waals surface area contributed by atoms with Gasteiger partial charge in [-0.15, -0.1) is 11.3 Å². The largest absolute Gasteiger partial charge is 0.477 e. The molecule has 16 heavy (non-hydrogen) atoms. The lowest BCUT2D eigenvalue weighted by Gasteiger charge is -2.05. The molecule has 2 rings (SSSR count). The molecule has 0 bridgehead atoms. The molecule has 1 aliphatic carbocycles. The van der Waals surface area contributed by atoms with Crippen LogP contribution in [-0.2, 0) is 0 Å². The molecule has 1 heterocycles. The fraction of sp³-hybridized carbons (Fsp3) is 0.636. The van der Waals surface area contributed by atoms with Gasteiger partial charge in [0.05, 0.1) is 5.69 Å². The average molecular weight is 257 g/mol. The zero-order valence-electron chi connectivity index (χ0n) is 9.23. The van der Waals surface area contributed by atoms with Crippen LogP contribution < -0.4 is 0 Å². The molecule has 0 atom stereocenters. The van der Waals surface area contributed by atoms with Crippen LogP contribution in [0, 0.1) is 12.8 Å². The number of carbonyl (C=O) groups is 1. The molecule has 0 amide bonds. The SMILES string of the molecule is Cc1nc(SCC2CCCC2)sc1C(=O)O. The molecule has 0 radical (unpaired) electrons. The molecule has 0 unspecified atom stereocenters. The van der Waals surface area contributed by atoms with E-state index in [0.29, 0.717) is 10.6 Å². The quantitative estimate of drug-likeness (QED) is 0.840.